The maximum atomic E-state index is 2.37. The van der Waals surface area contributed by atoms with Crippen LogP contribution in [0.15, 0.2) is 133 Å². The number of nitrogens with zero attached hydrogens (tertiary/aromatic N) is 1. The zero-order valence-electron chi connectivity index (χ0n) is 24.1. The normalized spacial score (nSPS) is 12.2. The van der Waals surface area contributed by atoms with Gasteiger partial charge in [0.1, 0.15) is 0 Å². The van der Waals surface area contributed by atoms with Crippen LogP contribution in [0.5, 0.6) is 0 Å². The maximum absolute atomic E-state index is 2.37. The van der Waals surface area contributed by atoms with E-state index in [2.05, 4.69) is 159 Å². The van der Waals surface area contributed by atoms with E-state index in [1.165, 1.54) is 75.5 Å². The molecule has 0 bridgehead atoms. The lowest BCUT2D eigenvalue weighted by atomic mass is 9.86. The van der Waals surface area contributed by atoms with Crippen molar-refractivity contribution in [3.8, 4) is 27.9 Å². The minimum atomic E-state index is 0.108. The van der Waals surface area contributed by atoms with Crippen LogP contribution in [0.1, 0.15) is 26.3 Å². The third-order valence-corrected chi connectivity index (χ3v) is 9.84. The molecule has 8 aromatic rings. The molecule has 0 aliphatic carbocycles. The van der Waals surface area contributed by atoms with Gasteiger partial charge in [0.2, 0.25) is 0 Å². The molecule has 0 aliphatic heterocycles. The summed E-state index contributed by atoms with van der Waals surface area (Å²) in [6, 6.07) is 48.9. The van der Waals surface area contributed by atoms with Gasteiger partial charge in [-0.3, -0.25) is 0 Å². The first-order chi connectivity index (χ1) is 20.5. The fourth-order valence-corrected chi connectivity index (χ4v) is 8.05. The molecule has 1 nitrogen and oxygen atoms in total. The van der Waals surface area contributed by atoms with E-state index in [4.69, 9.17) is 0 Å². The van der Waals surface area contributed by atoms with Crippen LogP contribution in [0, 0.1) is 0 Å². The van der Waals surface area contributed by atoms with E-state index in [0.717, 1.165) is 0 Å². The number of rotatable bonds is 3. The van der Waals surface area contributed by atoms with Gasteiger partial charge in [-0.15, -0.1) is 11.3 Å². The second kappa shape index (κ2) is 9.44. The van der Waals surface area contributed by atoms with Gasteiger partial charge in [0.05, 0.1) is 11.0 Å². The monoisotopic (exact) mass is 557 g/mol. The first-order valence-corrected chi connectivity index (χ1v) is 15.4. The molecule has 0 amide bonds. The van der Waals surface area contributed by atoms with E-state index in [1.54, 1.807) is 0 Å². The molecular weight excluding hydrogens is 527 g/mol. The van der Waals surface area contributed by atoms with E-state index in [9.17, 15) is 0 Å². The summed E-state index contributed by atoms with van der Waals surface area (Å²) in [6.45, 7) is 6.92. The fourth-order valence-electron chi connectivity index (χ4n) is 6.49. The van der Waals surface area contributed by atoms with Gasteiger partial charge in [0.15, 0.2) is 0 Å². The highest BCUT2D eigenvalue weighted by atomic mass is 32.1. The largest absolute Gasteiger partial charge is 0.309 e. The van der Waals surface area contributed by atoms with Crippen molar-refractivity contribution < 1.29 is 0 Å². The van der Waals surface area contributed by atoms with Gasteiger partial charge in [-0.1, -0.05) is 124 Å². The fraction of sp³-hybridized carbons (Fsp3) is 0.100. The standard InChI is InChI=1S/C40H31NS/c1-40(2,3)35-17-10-16-33-32-15-9-14-30(38(32)42-39(33)35)27-21-19-26(20-22-27)28-23-24-37-34(25-28)31-13-7-8-18-36(31)41(37)29-11-5-4-6-12-29/h4-25H,1-3H3. The van der Waals surface area contributed by atoms with Gasteiger partial charge in [0.25, 0.3) is 0 Å². The van der Waals surface area contributed by atoms with E-state index in [-0.39, 0.29) is 5.41 Å². The number of aromatic nitrogens is 1. The van der Waals surface area contributed by atoms with Crippen molar-refractivity contribution in [3.05, 3.63) is 139 Å². The van der Waals surface area contributed by atoms with Crippen LogP contribution in [-0.2, 0) is 5.41 Å². The van der Waals surface area contributed by atoms with Crippen molar-refractivity contribution >= 4 is 53.3 Å². The lowest BCUT2D eigenvalue weighted by Gasteiger charge is -2.19. The third kappa shape index (κ3) is 3.90. The predicted molar refractivity (Wildman–Crippen MR) is 183 cm³/mol. The minimum Gasteiger partial charge on any atom is -0.309 e. The molecule has 0 aliphatic rings. The number of hydrogen-bond donors (Lipinski definition) is 0. The van der Waals surface area contributed by atoms with Crippen LogP contribution >= 0.6 is 11.3 Å². The van der Waals surface area contributed by atoms with Gasteiger partial charge < -0.3 is 4.57 Å². The van der Waals surface area contributed by atoms with Crippen LogP contribution < -0.4 is 0 Å². The summed E-state index contributed by atoms with van der Waals surface area (Å²) in [5.41, 5.74) is 10.2. The third-order valence-electron chi connectivity index (χ3n) is 8.55. The Balaban J connectivity index is 1.23. The Kier molecular flexibility index (Phi) is 5.64. The Bertz CT molecular complexity index is 2260. The van der Waals surface area contributed by atoms with E-state index < -0.39 is 0 Å². The lowest BCUT2D eigenvalue weighted by molar-refractivity contribution is 0.597. The highest BCUT2D eigenvalue weighted by Gasteiger charge is 2.20. The van der Waals surface area contributed by atoms with Crippen molar-refractivity contribution in [3.63, 3.8) is 0 Å². The smallest absolute Gasteiger partial charge is 0.0541 e. The molecule has 6 aromatic carbocycles. The molecule has 0 radical (unpaired) electrons. The molecule has 0 saturated carbocycles. The van der Waals surface area contributed by atoms with Gasteiger partial charge in [-0.05, 0) is 63.6 Å². The molecule has 0 N–H and O–H groups in total. The van der Waals surface area contributed by atoms with Crippen LogP contribution in [-0.4, -0.2) is 4.57 Å². The number of para-hydroxylation sites is 2. The molecule has 2 aromatic heterocycles. The minimum absolute atomic E-state index is 0.108. The number of hydrogen-bond acceptors (Lipinski definition) is 1. The summed E-state index contributed by atoms with van der Waals surface area (Å²) < 4.78 is 5.15. The highest BCUT2D eigenvalue weighted by molar-refractivity contribution is 7.26. The number of benzene rings is 6. The topological polar surface area (TPSA) is 4.93 Å². The van der Waals surface area contributed by atoms with Gasteiger partial charge >= 0.3 is 0 Å². The lowest BCUT2D eigenvalue weighted by Crippen LogP contribution is -2.10. The average molecular weight is 558 g/mol. The summed E-state index contributed by atoms with van der Waals surface area (Å²) in [4.78, 5) is 0. The van der Waals surface area contributed by atoms with Gasteiger partial charge in [-0.25, -0.2) is 0 Å². The molecule has 0 saturated heterocycles. The summed E-state index contributed by atoms with van der Waals surface area (Å²) in [6.07, 6.45) is 0. The number of thiophene rings is 1. The molecule has 0 fully saturated rings. The quantitative estimate of drug-likeness (QED) is 0.204. The van der Waals surface area contributed by atoms with Crippen molar-refractivity contribution in [1.29, 1.82) is 0 Å². The molecule has 0 atom stereocenters. The molecule has 8 rings (SSSR count). The summed E-state index contributed by atoms with van der Waals surface area (Å²) in [5.74, 6) is 0. The van der Waals surface area contributed by atoms with Crippen molar-refractivity contribution in [1.82, 2.24) is 4.57 Å². The van der Waals surface area contributed by atoms with E-state index >= 15 is 0 Å². The van der Waals surface area contributed by atoms with Gasteiger partial charge in [-0.2, -0.15) is 0 Å². The van der Waals surface area contributed by atoms with Crippen LogP contribution in [0.3, 0.4) is 0 Å². The summed E-state index contributed by atoms with van der Waals surface area (Å²) in [5, 5.41) is 5.27. The Morgan fingerprint density at radius 3 is 1.88 bits per heavy atom. The van der Waals surface area contributed by atoms with Crippen LogP contribution in [0.2, 0.25) is 0 Å². The van der Waals surface area contributed by atoms with Gasteiger partial charge in [0, 0.05) is 36.6 Å². The molecule has 202 valence electrons. The van der Waals surface area contributed by atoms with Crippen molar-refractivity contribution in [2.75, 3.05) is 0 Å². The first-order valence-electron chi connectivity index (χ1n) is 14.6. The Labute approximate surface area is 250 Å². The summed E-state index contributed by atoms with van der Waals surface area (Å²) >= 11 is 1.94. The first kappa shape index (κ1) is 25.1. The predicted octanol–water partition coefficient (Wildman–Crippen LogP) is 11.8. The summed E-state index contributed by atoms with van der Waals surface area (Å²) in [7, 11) is 0. The SMILES string of the molecule is CC(C)(C)c1cccc2c1sc1c(-c3ccc(-c4ccc5c(c4)c4ccccc4n5-c4ccccc4)cc3)cccc12. The molecule has 42 heavy (non-hydrogen) atoms. The zero-order valence-corrected chi connectivity index (χ0v) is 24.9. The Morgan fingerprint density at radius 2 is 1.10 bits per heavy atom. The Hall–Kier alpha value is -4.66. The molecule has 2 heterocycles. The van der Waals surface area contributed by atoms with Crippen molar-refractivity contribution in [2.24, 2.45) is 0 Å². The molecular formula is C40H31NS. The number of fused-ring (bicyclic) bond motifs is 6. The average Bonchev–Trinajstić information content (AvgIpc) is 3.57. The second-order valence-corrected chi connectivity index (χ2v) is 13.2. The highest BCUT2D eigenvalue weighted by Crippen LogP contribution is 2.44. The molecule has 2 heteroatoms. The van der Waals surface area contributed by atoms with Crippen LogP contribution in [0.25, 0.3) is 69.9 Å². The Morgan fingerprint density at radius 1 is 0.476 bits per heavy atom. The van der Waals surface area contributed by atoms with Crippen molar-refractivity contribution in [2.45, 2.75) is 26.2 Å². The zero-order chi connectivity index (χ0) is 28.4. The second-order valence-electron chi connectivity index (χ2n) is 12.2. The van der Waals surface area contributed by atoms with E-state index in [1.807, 2.05) is 11.3 Å². The van der Waals surface area contributed by atoms with Crippen LogP contribution in [0.4, 0.5) is 0 Å². The molecule has 0 spiro atoms. The maximum Gasteiger partial charge on any atom is 0.0541 e. The van der Waals surface area contributed by atoms with E-state index in [0.29, 0.717) is 0 Å². The molecule has 0 unspecified atom stereocenters.